The number of thioether (sulfide) groups is 1. The van der Waals surface area contributed by atoms with Crippen LogP contribution in [0.3, 0.4) is 0 Å². The van der Waals surface area contributed by atoms with Crippen molar-refractivity contribution in [1.82, 2.24) is 15.2 Å². The minimum atomic E-state index is -0.272. The van der Waals surface area contributed by atoms with E-state index < -0.39 is 0 Å². The van der Waals surface area contributed by atoms with Gasteiger partial charge in [-0.2, -0.15) is 0 Å². The van der Waals surface area contributed by atoms with E-state index in [0.29, 0.717) is 25.3 Å². The first-order chi connectivity index (χ1) is 15.1. The Kier molecular flexibility index (Phi) is 7.09. The first-order valence-electron chi connectivity index (χ1n) is 10.4. The minimum absolute atomic E-state index is 0.0695. The molecule has 3 aromatic rings. The molecular weight excluding hydrogens is 430 g/mol. The first-order valence-corrected chi connectivity index (χ1v) is 12.2. The zero-order valence-corrected chi connectivity index (χ0v) is 19.0. The van der Waals surface area contributed by atoms with Crippen LogP contribution in [-0.4, -0.2) is 47.6 Å². The Bertz CT molecular complexity index is 1010. The van der Waals surface area contributed by atoms with Crippen LogP contribution in [0.4, 0.5) is 4.79 Å². The second-order valence-electron chi connectivity index (χ2n) is 7.37. The van der Waals surface area contributed by atoms with Crippen molar-refractivity contribution in [2.24, 2.45) is 0 Å². The number of hydrogen-bond acceptors (Lipinski definition) is 6. The molecule has 1 fully saturated rings. The number of rotatable bonds is 6. The third-order valence-electron chi connectivity index (χ3n) is 5.21. The molecule has 1 aromatic heterocycles. The van der Waals surface area contributed by atoms with E-state index in [1.807, 2.05) is 42.5 Å². The summed E-state index contributed by atoms with van der Waals surface area (Å²) in [5, 5.41) is 3.09. The summed E-state index contributed by atoms with van der Waals surface area (Å²) < 4.78 is 7.29. The average molecular weight is 456 g/mol. The van der Waals surface area contributed by atoms with Crippen molar-refractivity contribution in [2.45, 2.75) is 35.9 Å². The van der Waals surface area contributed by atoms with Crippen LogP contribution >= 0.6 is 23.1 Å². The third kappa shape index (κ3) is 5.57. The number of carbonyl (C=O) groups excluding carboxylic acids is 2. The Morgan fingerprint density at radius 1 is 1.16 bits per heavy atom. The Morgan fingerprint density at radius 2 is 1.90 bits per heavy atom. The molecule has 4 rings (SSSR count). The zero-order valence-electron chi connectivity index (χ0n) is 17.4. The van der Waals surface area contributed by atoms with Crippen molar-refractivity contribution >= 4 is 45.3 Å². The van der Waals surface area contributed by atoms with E-state index in [4.69, 9.17) is 4.74 Å². The lowest BCUT2D eigenvalue weighted by atomic mass is 10.0. The van der Waals surface area contributed by atoms with Crippen LogP contribution in [0.15, 0.2) is 52.9 Å². The number of ether oxygens (including phenoxy) is 1. The summed E-state index contributed by atoms with van der Waals surface area (Å²) in [5.74, 6) is 0.744. The molecule has 2 aromatic carbocycles. The largest absolute Gasteiger partial charge is 0.450 e. The van der Waals surface area contributed by atoms with Crippen LogP contribution in [0.2, 0.25) is 0 Å². The highest BCUT2D eigenvalue weighted by Crippen LogP contribution is 2.31. The van der Waals surface area contributed by atoms with Gasteiger partial charge in [-0.3, -0.25) is 4.79 Å². The van der Waals surface area contributed by atoms with Crippen molar-refractivity contribution < 1.29 is 14.3 Å². The molecule has 0 bridgehead atoms. The summed E-state index contributed by atoms with van der Waals surface area (Å²) in [4.78, 5) is 30.7. The number of carbonyl (C=O) groups is 2. The van der Waals surface area contributed by atoms with Gasteiger partial charge in [-0.15, -0.1) is 11.3 Å². The molecule has 1 N–H and O–H groups in total. The van der Waals surface area contributed by atoms with Gasteiger partial charge in [-0.05, 0) is 49.6 Å². The Morgan fingerprint density at radius 3 is 2.61 bits per heavy atom. The number of para-hydroxylation sites is 1. The van der Waals surface area contributed by atoms with E-state index >= 15 is 0 Å². The van der Waals surface area contributed by atoms with Gasteiger partial charge in [0.15, 0.2) is 4.34 Å². The second-order valence-corrected chi connectivity index (χ2v) is 9.62. The van der Waals surface area contributed by atoms with Crippen LogP contribution in [-0.2, 0) is 10.5 Å². The zero-order chi connectivity index (χ0) is 21.6. The third-order valence-corrected chi connectivity index (χ3v) is 7.46. The monoisotopic (exact) mass is 455 g/mol. The topological polar surface area (TPSA) is 71.5 Å². The van der Waals surface area contributed by atoms with E-state index in [1.54, 1.807) is 34.9 Å². The van der Waals surface area contributed by atoms with Gasteiger partial charge in [0.25, 0.3) is 5.91 Å². The summed E-state index contributed by atoms with van der Waals surface area (Å²) in [6.07, 6.45) is 1.20. The number of nitrogens with zero attached hydrogens (tertiary/aromatic N) is 2. The van der Waals surface area contributed by atoms with E-state index in [0.717, 1.165) is 34.0 Å². The number of amides is 2. The molecular formula is C23H25N3O3S2. The second kappa shape index (κ2) is 10.2. The van der Waals surface area contributed by atoms with Gasteiger partial charge in [0.05, 0.1) is 16.8 Å². The lowest BCUT2D eigenvalue weighted by Crippen LogP contribution is -2.46. The number of benzene rings is 2. The van der Waals surface area contributed by atoms with Crippen LogP contribution in [0.5, 0.6) is 0 Å². The summed E-state index contributed by atoms with van der Waals surface area (Å²) in [7, 11) is 0. The standard InChI is InChI=1S/C23H25N3O3S2/c1-2-29-23(28)26-13-11-18(12-14-26)24-21(27)17-9-7-16(8-10-17)15-30-22-25-19-5-3-4-6-20(19)31-22/h3-10,18H,2,11-15H2,1H3,(H,24,27). The Labute approximate surface area is 190 Å². The molecule has 31 heavy (non-hydrogen) atoms. The van der Waals surface area contributed by atoms with Gasteiger partial charge >= 0.3 is 6.09 Å². The molecule has 0 spiro atoms. The van der Waals surface area contributed by atoms with Gasteiger partial charge in [0.2, 0.25) is 0 Å². The molecule has 2 amide bonds. The van der Waals surface area contributed by atoms with E-state index in [2.05, 4.69) is 16.4 Å². The van der Waals surface area contributed by atoms with Crippen molar-refractivity contribution in [2.75, 3.05) is 19.7 Å². The summed E-state index contributed by atoms with van der Waals surface area (Å²) in [6.45, 7) is 3.39. The smallest absolute Gasteiger partial charge is 0.409 e. The lowest BCUT2D eigenvalue weighted by molar-refractivity contribution is 0.0860. The van der Waals surface area contributed by atoms with Crippen molar-refractivity contribution in [3.63, 3.8) is 0 Å². The van der Waals surface area contributed by atoms with Crippen molar-refractivity contribution in [3.8, 4) is 0 Å². The molecule has 0 saturated carbocycles. The summed E-state index contributed by atoms with van der Waals surface area (Å²) in [6, 6.07) is 16.0. The molecule has 1 aliphatic rings. The van der Waals surface area contributed by atoms with Crippen LogP contribution < -0.4 is 5.32 Å². The first kappa shape index (κ1) is 21.6. The summed E-state index contributed by atoms with van der Waals surface area (Å²) >= 11 is 3.42. The van der Waals surface area contributed by atoms with E-state index in [9.17, 15) is 9.59 Å². The SMILES string of the molecule is CCOC(=O)N1CCC(NC(=O)c2ccc(CSc3nc4ccccc4s3)cc2)CC1. The molecule has 2 heterocycles. The van der Waals surface area contributed by atoms with Crippen molar-refractivity contribution in [3.05, 3.63) is 59.7 Å². The molecule has 162 valence electrons. The van der Waals surface area contributed by atoms with E-state index in [1.165, 1.54) is 4.70 Å². The number of fused-ring (bicyclic) bond motifs is 1. The number of thiazole rings is 1. The molecule has 1 saturated heterocycles. The lowest BCUT2D eigenvalue weighted by Gasteiger charge is -2.31. The molecule has 0 radical (unpaired) electrons. The summed E-state index contributed by atoms with van der Waals surface area (Å²) in [5.41, 5.74) is 2.85. The molecule has 0 aliphatic carbocycles. The van der Waals surface area contributed by atoms with Gasteiger partial charge in [-0.25, -0.2) is 9.78 Å². The fraction of sp³-hybridized carbons (Fsp3) is 0.348. The fourth-order valence-corrected chi connectivity index (χ4v) is 5.52. The number of hydrogen-bond donors (Lipinski definition) is 1. The number of aromatic nitrogens is 1. The average Bonchev–Trinajstić information content (AvgIpc) is 3.22. The normalized spacial score (nSPS) is 14.5. The highest BCUT2D eigenvalue weighted by Gasteiger charge is 2.24. The highest BCUT2D eigenvalue weighted by molar-refractivity contribution is 8.00. The highest BCUT2D eigenvalue weighted by atomic mass is 32.2. The van der Waals surface area contributed by atoms with Gasteiger partial charge in [0.1, 0.15) is 0 Å². The maximum absolute atomic E-state index is 12.6. The van der Waals surface area contributed by atoms with Gasteiger partial charge in [-0.1, -0.05) is 36.0 Å². The molecule has 0 unspecified atom stereocenters. The predicted molar refractivity (Wildman–Crippen MR) is 125 cm³/mol. The fourth-order valence-electron chi connectivity index (χ4n) is 3.50. The van der Waals surface area contributed by atoms with Crippen molar-refractivity contribution in [1.29, 1.82) is 0 Å². The molecule has 6 nitrogen and oxygen atoms in total. The van der Waals surface area contributed by atoms with Crippen LogP contribution in [0.25, 0.3) is 10.2 Å². The number of likely N-dealkylation sites (tertiary alicyclic amines) is 1. The molecule has 0 atom stereocenters. The quantitative estimate of drug-likeness (QED) is 0.533. The van der Waals surface area contributed by atoms with Gasteiger partial charge in [0, 0.05) is 30.4 Å². The molecule has 8 heteroatoms. The van der Waals surface area contributed by atoms with E-state index in [-0.39, 0.29) is 18.0 Å². The van der Waals surface area contributed by atoms with Crippen LogP contribution in [0.1, 0.15) is 35.7 Å². The Balaban J connectivity index is 1.26. The number of nitrogens with one attached hydrogen (secondary N) is 1. The predicted octanol–water partition coefficient (Wildman–Crippen LogP) is 4.94. The minimum Gasteiger partial charge on any atom is -0.450 e. The van der Waals surface area contributed by atoms with Gasteiger partial charge < -0.3 is 15.0 Å². The maximum atomic E-state index is 12.6. The van der Waals surface area contributed by atoms with Crippen LogP contribution in [0, 0.1) is 0 Å². The maximum Gasteiger partial charge on any atom is 0.409 e. The number of piperidine rings is 1. The Hall–Kier alpha value is -2.58. The molecule has 1 aliphatic heterocycles.